The predicted molar refractivity (Wildman–Crippen MR) is 75.2 cm³/mol. The number of nitrogens with one attached hydrogen (secondary N) is 2. The third-order valence-corrected chi connectivity index (χ3v) is 3.21. The first-order valence-electron chi connectivity index (χ1n) is 7.02. The highest BCUT2D eigenvalue weighted by Gasteiger charge is 2.21. The summed E-state index contributed by atoms with van der Waals surface area (Å²) < 4.78 is 7.29. The molecule has 1 heterocycles. The van der Waals surface area contributed by atoms with Gasteiger partial charge in [-0.15, -0.1) is 0 Å². The van der Waals surface area contributed by atoms with Crippen molar-refractivity contribution in [3.05, 3.63) is 24.0 Å². The fourth-order valence-corrected chi connectivity index (χ4v) is 1.84. The summed E-state index contributed by atoms with van der Waals surface area (Å²) in [4.78, 5) is 11.5. The van der Waals surface area contributed by atoms with Crippen LogP contribution in [0.1, 0.15) is 18.4 Å². The molecule has 1 saturated carbocycles. The van der Waals surface area contributed by atoms with Crippen molar-refractivity contribution in [1.82, 2.24) is 15.2 Å². The van der Waals surface area contributed by atoms with E-state index in [1.165, 1.54) is 12.8 Å². The van der Waals surface area contributed by atoms with Gasteiger partial charge in [0, 0.05) is 39.1 Å². The number of aromatic nitrogens is 1. The average Bonchev–Trinajstić information content (AvgIpc) is 3.15. The van der Waals surface area contributed by atoms with Gasteiger partial charge in [-0.25, -0.2) is 4.79 Å². The molecule has 6 heteroatoms. The van der Waals surface area contributed by atoms with Crippen molar-refractivity contribution in [2.24, 2.45) is 13.0 Å². The normalized spacial score (nSPS) is 15.9. The molecule has 0 aliphatic heterocycles. The molecular weight excluding hydrogens is 258 g/mol. The molecule has 0 spiro atoms. The monoisotopic (exact) mass is 281 g/mol. The molecule has 2 rings (SSSR count). The van der Waals surface area contributed by atoms with E-state index < -0.39 is 6.10 Å². The van der Waals surface area contributed by atoms with Crippen LogP contribution in [0.2, 0.25) is 0 Å². The molecule has 0 bridgehead atoms. The number of carbonyl (C=O) groups excluding carboxylic acids is 1. The number of ether oxygens (including phenoxy) is 1. The van der Waals surface area contributed by atoms with Crippen molar-refractivity contribution in [3.8, 4) is 0 Å². The van der Waals surface area contributed by atoms with E-state index in [9.17, 15) is 9.90 Å². The number of carbonyl (C=O) groups is 1. The number of hydrogen-bond acceptors (Lipinski definition) is 3. The molecule has 6 nitrogen and oxygen atoms in total. The SMILES string of the molecule is Cn1ccc(CNC(=O)NCC(O)COCC2CC2)c1. The van der Waals surface area contributed by atoms with Crippen LogP contribution in [-0.4, -0.2) is 41.6 Å². The molecule has 1 aromatic heterocycles. The van der Waals surface area contributed by atoms with Crippen LogP contribution in [0.15, 0.2) is 18.5 Å². The third kappa shape index (κ3) is 5.63. The summed E-state index contributed by atoms with van der Waals surface area (Å²) in [6.45, 7) is 1.67. The molecule has 3 N–H and O–H groups in total. The molecule has 1 aliphatic carbocycles. The molecule has 1 atom stereocenters. The summed E-state index contributed by atoms with van der Waals surface area (Å²) in [5, 5.41) is 15.0. The Kier molecular flexibility index (Phi) is 5.43. The summed E-state index contributed by atoms with van der Waals surface area (Å²) in [5.41, 5.74) is 1.04. The van der Waals surface area contributed by atoms with Gasteiger partial charge in [-0.05, 0) is 30.4 Å². The molecule has 0 saturated heterocycles. The Morgan fingerprint density at radius 3 is 3.00 bits per heavy atom. The first kappa shape index (κ1) is 14.9. The largest absolute Gasteiger partial charge is 0.389 e. The summed E-state index contributed by atoms with van der Waals surface area (Å²) in [5.74, 6) is 0.685. The molecule has 2 amide bonds. The van der Waals surface area contributed by atoms with E-state index in [2.05, 4.69) is 10.6 Å². The predicted octanol–water partition coefficient (Wildman–Crippen LogP) is 0.612. The van der Waals surface area contributed by atoms with Gasteiger partial charge in [0.05, 0.1) is 12.7 Å². The second-order valence-corrected chi connectivity index (χ2v) is 5.38. The summed E-state index contributed by atoms with van der Waals surface area (Å²) in [6, 6.07) is 1.66. The van der Waals surface area contributed by atoms with E-state index in [0.29, 0.717) is 12.5 Å². The number of aliphatic hydroxyl groups excluding tert-OH is 1. The lowest BCUT2D eigenvalue weighted by Crippen LogP contribution is -2.40. The number of urea groups is 1. The van der Waals surface area contributed by atoms with Crippen LogP contribution in [0.25, 0.3) is 0 Å². The third-order valence-electron chi connectivity index (χ3n) is 3.21. The quantitative estimate of drug-likeness (QED) is 0.653. The topological polar surface area (TPSA) is 75.5 Å². The van der Waals surface area contributed by atoms with Crippen LogP contribution in [-0.2, 0) is 18.3 Å². The number of hydrogen-bond donors (Lipinski definition) is 3. The smallest absolute Gasteiger partial charge is 0.315 e. The molecular formula is C14H23N3O3. The van der Waals surface area contributed by atoms with E-state index in [1.54, 1.807) is 0 Å². The Bertz CT molecular complexity index is 429. The summed E-state index contributed by atoms with van der Waals surface area (Å²) in [6.07, 6.45) is 5.68. The van der Waals surface area contributed by atoms with Crippen LogP contribution >= 0.6 is 0 Å². The maximum Gasteiger partial charge on any atom is 0.315 e. The standard InChI is InChI=1S/C14H23N3O3/c1-17-5-4-12(8-17)6-15-14(19)16-7-13(18)10-20-9-11-2-3-11/h4-5,8,11,13,18H,2-3,6-7,9-10H2,1H3,(H2,15,16,19). The van der Waals surface area contributed by atoms with Gasteiger partial charge in [-0.1, -0.05) is 0 Å². The zero-order valence-corrected chi connectivity index (χ0v) is 11.8. The van der Waals surface area contributed by atoms with Gasteiger partial charge in [0.2, 0.25) is 0 Å². The van der Waals surface area contributed by atoms with Crippen molar-refractivity contribution in [1.29, 1.82) is 0 Å². The van der Waals surface area contributed by atoms with E-state index in [-0.39, 0.29) is 19.2 Å². The highest BCUT2D eigenvalue weighted by molar-refractivity contribution is 5.73. The van der Waals surface area contributed by atoms with Crippen molar-refractivity contribution < 1.29 is 14.6 Å². The molecule has 1 aliphatic rings. The maximum atomic E-state index is 11.5. The minimum absolute atomic E-state index is 0.200. The lowest BCUT2D eigenvalue weighted by atomic mass is 10.3. The van der Waals surface area contributed by atoms with Crippen molar-refractivity contribution >= 4 is 6.03 Å². The van der Waals surface area contributed by atoms with Crippen LogP contribution < -0.4 is 10.6 Å². The molecule has 112 valence electrons. The average molecular weight is 281 g/mol. The number of aryl methyl sites for hydroxylation is 1. The Labute approximate surface area is 119 Å². The highest BCUT2D eigenvalue weighted by atomic mass is 16.5. The van der Waals surface area contributed by atoms with Crippen molar-refractivity contribution in [2.45, 2.75) is 25.5 Å². The van der Waals surface area contributed by atoms with Gasteiger partial charge in [0.25, 0.3) is 0 Å². The molecule has 1 fully saturated rings. The first-order valence-corrected chi connectivity index (χ1v) is 7.02. The van der Waals surface area contributed by atoms with E-state index in [4.69, 9.17) is 4.74 Å². The number of rotatable bonds is 8. The molecule has 0 radical (unpaired) electrons. The Morgan fingerprint density at radius 2 is 2.35 bits per heavy atom. The number of amides is 2. The second kappa shape index (κ2) is 7.31. The minimum atomic E-state index is -0.656. The zero-order chi connectivity index (χ0) is 14.4. The fraction of sp³-hybridized carbons (Fsp3) is 0.643. The van der Waals surface area contributed by atoms with E-state index >= 15 is 0 Å². The number of nitrogens with zero attached hydrogens (tertiary/aromatic N) is 1. The van der Waals surface area contributed by atoms with E-state index in [1.807, 2.05) is 30.1 Å². The second-order valence-electron chi connectivity index (χ2n) is 5.38. The van der Waals surface area contributed by atoms with Gasteiger partial charge in [-0.2, -0.15) is 0 Å². The van der Waals surface area contributed by atoms with Gasteiger partial charge >= 0.3 is 6.03 Å². The van der Waals surface area contributed by atoms with Crippen LogP contribution in [0.5, 0.6) is 0 Å². The lowest BCUT2D eigenvalue weighted by Gasteiger charge is -2.12. The van der Waals surface area contributed by atoms with Crippen LogP contribution in [0.3, 0.4) is 0 Å². The number of aliphatic hydroxyl groups is 1. The fourth-order valence-electron chi connectivity index (χ4n) is 1.84. The van der Waals surface area contributed by atoms with Crippen LogP contribution in [0.4, 0.5) is 4.79 Å². The zero-order valence-electron chi connectivity index (χ0n) is 11.8. The molecule has 0 aromatic carbocycles. The van der Waals surface area contributed by atoms with E-state index in [0.717, 1.165) is 12.2 Å². The van der Waals surface area contributed by atoms with Gasteiger partial charge in [0.15, 0.2) is 0 Å². The Morgan fingerprint density at radius 1 is 1.55 bits per heavy atom. The highest BCUT2D eigenvalue weighted by Crippen LogP contribution is 2.28. The van der Waals surface area contributed by atoms with Gasteiger partial charge in [-0.3, -0.25) is 0 Å². The first-order chi connectivity index (χ1) is 9.63. The molecule has 1 aromatic rings. The van der Waals surface area contributed by atoms with Crippen molar-refractivity contribution in [3.63, 3.8) is 0 Å². The molecule has 20 heavy (non-hydrogen) atoms. The van der Waals surface area contributed by atoms with Crippen LogP contribution in [0, 0.1) is 5.92 Å². The Balaban J connectivity index is 1.52. The summed E-state index contributed by atoms with van der Waals surface area (Å²) in [7, 11) is 1.93. The lowest BCUT2D eigenvalue weighted by molar-refractivity contribution is 0.0337. The van der Waals surface area contributed by atoms with Gasteiger partial charge < -0.3 is 25.0 Å². The maximum absolute atomic E-state index is 11.5. The van der Waals surface area contributed by atoms with Crippen molar-refractivity contribution in [2.75, 3.05) is 19.8 Å². The van der Waals surface area contributed by atoms with Gasteiger partial charge in [0.1, 0.15) is 0 Å². The Hall–Kier alpha value is -1.53. The summed E-state index contributed by atoms with van der Waals surface area (Å²) >= 11 is 0. The molecule has 1 unspecified atom stereocenters. The minimum Gasteiger partial charge on any atom is -0.389 e.